The Bertz CT molecular complexity index is 608. The molecule has 1 amide bonds. The Balaban J connectivity index is 2.75. The van der Waals surface area contributed by atoms with Crippen LogP contribution in [0.2, 0.25) is 10.0 Å². The van der Waals surface area contributed by atoms with Crippen LogP contribution < -0.4 is 5.32 Å². The molecule has 0 aliphatic heterocycles. The van der Waals surface area contributed by atoms with E-state index in [0.717, 1.165) is 0 Å². The number of benzene rings is 1. The van der Waals surface area contributed by atoms with Crippen LogP contribution in [0.1, 0.15) is 0 Å². The normalized spacial score (nSPS) is 10.7. The molecule has 0 bridgehead atoms. The Morgan fingerprint density at radius 3 is 2.61 bits per heavy atom. The van der Waals surface area contributed by atoms with Gasteiger partial charge in [-0.05, 0) is 18.2 Å². The SMILES string of the molecule is N#CCS(=O)(=O)CC(=O)Nc1ccc(Cl)cc1Cl. The van der Waals surface area contributed by atoms with Crippen molar-refractivity contribution in [2.24, 2.45) is 0 Å². The molecule has 1 aromatic rings. The summed E-state index contributed by atoms with van der Waals surface area (Å²) >= 11 is 11.5. The number of hydrogen-bond donors (Lipinski definition) is 1. The lowest BCUT2D eigenvalue weighted by atomic mass is 10.3. The van der Waals surface area contributed by atoms with Crippen molar-refractivity contribution in [2.75, 3.05) is 16.8 Å². The molecule has 5 nitrogen and oxygen atoms in total. The topological polar surface area (TPSA) is 87.0 Å². The average molecular weight is 307 g/mol. The molecule has 8 heteroatoms. The van der Waals surface area contributed by atoms with E-state index >= 15 is 0 Å². The maximum absolute atomic E-state index is 11.4. The molecule has 18 heavy (non-hydrogen) atoms. The molecule has 0 spiro atoms. The monoisotopic (exact) mass is 306 g/mol. The average Bonchev–Trinajstić information content (AvgIpc) is 2.21. The molecule has 1 rings (SSSR count). The number of halogens is 2. The van der Waals surface area contributed by atoms with Gasteiger partial charge in [-0.3, -0.25) is 4.79 Å². The Morgan fingerprint density at radius 2 is 2.06 bits per heavy atom. The first-order chi connectivity index (χ1) is 8.34. The first-order valence-corrected chi connectivity index (χ1v) is 7.24. The van der Waals surface area contributed by atoms with Crippen molar-refractivity contribution in [3.8, 4) is 6.07 Å². The van der Waals surface area contributed by atoms with E-state index in [1.54, 1.807) is 0 Å². The van der Waals surface area contributed by atoms with Crippen molar-refractivity contribution in [1.29, 1.82) is 5.26 Å². The molecule has 0 saturated heterocycles. The molecule has 96 valence electrons. The van der Waals surface area contributed by atoms with Crippen molar-refractivity contribution in [1.82, 2.24) is 0 Å². The van der Waals surface area contributed by atoms with E-state index < -0.39 is 27.3 Å². The van der Waals surface area contributed by atoms with Gasteiger partial charge >= 0.3 is 0 Å². The minimum atomic E-state index is -3.71. The third-order valence-corrected chi connectivity index (χ3v) is 3.66. The second-order valence-electron chi connectivity index (χ2n) is 3.36. The molecule has 0 radical (unpaired) electrons. The van der Waals surface area contributed by atoms with Crippen LogP contribution >= 0.6 is 23.2 Å². The van der Waals surface area contributed by atoms with Gasteiger partial charge in [0.05, 0.1) is 16.8 Å². The molecule has 0 heterocycles. The van der Waals surface area contributed by atoms with Gasteiger partial charge < -0.3 is 5.32 Å². The molecule has 0 aliphatic carbocycles. The van der Waals surface area contributed by atoms with E-state index in [1.165, 1.54) is 24.3 Å². The lowest BCUT2D eigenvalue weighted by molar-refractivity contribution is -0.113. The second-order valence-corrected chi connectivity index (χ2v) is 6.27. The molecule has 0 fully saturated rings. The smallest absolute Gasteiger partial charge is 0.239 e. The Labute approximate surface area is 114 Å². The lowest BCUT2D eigenvalue weighted by Crippen LogP contribution is -2.24. The number of carbonyl (C=O) groups excluding carboxylic acids is 1. The summed E-state index contributed by atoms with van der Waals surface area (Å²) in [5.74, 6) is -2.22. The Hall–Kier alpha value is -1.29. The number of hydrogen-bond acceptors (Lipinski definition) is 4. The zero-order valence-corrected chi connectivity index (χ0v) is 11.3. The molecule has 1 aromatic carbocycles. The quantitative estimate of drug-likeness (QED) is 0.920. The summed E-state index contributed by atoms with van der Waals surface area (Å²) in [6.45, 7) is 0. The molecular formula is C10H8Cl2N2O3S. The van der Waals surface area contributed by atoms with Gasteiger partial charge in [-0.2, -0.15) is 5.26 Å². The van der Waals surface area contributed by atoms with Crippen molar-refractivity contribution < 1.29 is 13.2 Å². The maximum Gasteiger partial charge on any atom is 0.239 e. The maximum atomic E-state index is 11.4. The van der Waals surface area contributed by atoms with Gasteiger partial charge in [-0.15, -0.1) is 0 Å². The van der Waals surface area contributed by atoms with E-state index in [2.05, 4.69) is 5.32 Å². The number of nitrogens with zero attached hydrogens (tertiary/aromatic N) is 1. The van der Waals surface area contributed by atoms with E-state index in [0.29, 0.717) is 5.02 Å². The van der Waals surface area contributed by atoms with Crippen LogP contribution in [0.15, 0.2) is 18.2 Å². The molecule has 0 aromatic heterocycles. The lowest BCUT2D eigenvalue weighted by Gasteiger charge is -2.07. The van der Waals surface area contributed by atoms with Gasteiger partial charge in [0.2, 0.25) is 5.91 Å². The van der Waals surface area contributed by atoms with Crippen LogP contribution in [0.5, 0.6) is 0 Å². The van der Waals surface area contributed by atoms with E-state index in [1.807, 2.05) is 0 Å². The first kappa shape index (κ1) is 14.8. The predicted molar refractivity (Wildman–Crippen MR) is 69.4 cm³/mol. The van der Waals surface area contributed by atoms with Crippen LogP contribution in [-0.4, -0.2) is 25.8 Å². The highest BCUT2D eigenvalue weighted by Crippen LogP contribution is 2.25. The molecule has 0 saturated carbocycles. The van der Waals surface area contributed by atoms with Gasteiger partial charge in [0.15, 0.2) is 9.84 Å². The number of sulfone groups is 1. The molecule has 0 atom stereocenters. The van der Waals surface area contributed by atoms with Crippen molar-refractivity contribution in [2.45, 2.75) is 0 Å². The minimum absolute atomic E-state index is 0.202. The number of nitrogens with one attached hydrogen (secondary N) is 1. The standard InChI is InChI=1S/C10H8Cl2N2O3S/c11-7-1-2-9(8(12)5-7)14-10(15)6-18(16,17)4-3-13/h1-2,5H,4,6H2,(H,14,15). The number of anilines is 1. The van der Waals surface area contributed by atoms with E-state index in [9.17, 15) is 13.2 Å². The second kappa shape index (κ2) is 6.05. The minimum Gasteiger partial charge on any atom is -0.324 e. The van der Waals surface area contributed by atoms with Crippen LogP contribution in [0.4, 0.5) is 5.69 Å². The fraction of sp³-hybridized carbons (Fsp3) is 0.200. The van der Waals surface area contributed by atoms with Crippen LogP contribution in [0.25, 0.3) is 0 Å². The summed E-state index contributed by atoms with van der Waals surface area (Å²) in [4.78, 5) is 11.4. The first-order valence-electron chi connectivity index (χ1n) is 4.66. The van der Waals surface area contributed by atoms with Gasteiger partial charge in [-0.1, -0.05) is 23.2 Å². The third kappa shape index (κ3) is 4.53. The van der Waals surface area contributed by atoms with E-state index in [4.69, 9.17) is 28.5 Å². The summed E-state index contributed by atoms with van der Waals surface area (Å²) in [5, 5.41) is 11.2. The summed E-state index contributed by atoms with van der Waals surface area (Å²) in [7, 11) is -3.71. The number of nitriles is 1. The van der Waals surface area contributed by atoms with Crippen LogP contribution in [0, 0.1) is 11.3 Å². The highest BCUT2D eigenvalue weighted by Gasteiger charge is 2.17. The third-order valence-electron chi connectivity index (χ3n) is 1.84. The summed E-state index contributed by atoms with van der Waals surface area (Å²) in [5.41, 5.74) is 0.262. The summed E-state index contributed by atoms with van der Waals surface area (Å²) in [6.07, 6.45) is 0. The van der Waals surface area contributed by atoms with E-state index in [-0.39, 0.29) is 10.7 Å². The predicted octanol–water partition coefficient (Wildman–Crippen LogP) is 1.87. The zero-order chi connectivity index (χ0) is 13.8. The number of carbonyl (C=O) groups is 1. The largest absolute Gasteiger partial charge is 0.324 e. The molecular weight excluding hydrogens is 299 g/mol. The Morgan fingerprint density at radius 1 is 1.39 bits per heavy atom. The molecule has 0 aliphatic rings. The summed E-state index contributed by atoms with van der Waals surface area (Å²) < 4.78 is 22.5. The van der Waals surface area contributed by atoms with Crippen molar-refractivity contribution in [3.05, 3.63) is 28.2 Å². The van der Waals surface area contributed by atoms with Crippen molar-refractivity contribution >= 4 is 44.6 Å². The van der Waals surface area contributed by atoms with Gasteiger partial charge in [0.1, 0.15) is 11.5 Å². The zero-order valence-electron chi connectivity index (χ0n) is 8.98. The fourth-order valence-electron chi connectivity index (χ4n) is 1.13. The molecule has 0 unspecified atom stereocenters. The highest BCUT2D eigenvalue weighted by molar-refractivity contribution is 7.92. The van der Waals surface area contributed by atoms with Crippen LogP contribution in [-0.2, 0) is 14.6 Å². The van der Waals surface area contributed by atoms with Gasteiger partial charge in [0, 0.05) is 5.02 Å². The Kier molecular flexibility index (Phi) is 4.96. The number of rotatable bonds is 4. The van der Waals surface area contributed by atoms with Gasteiger partial charge in [0.25, 0.3) is 0 Å². The summed E-state index contributed by atoms with van der Waals surface area (Å²) in [6, 6.07) is 5.87. The highest BCUT2D eigenvalue weighted by atomic mass is 35.5. The van der Waals surface area contributed by atoms with Crippen LogP contribution in [0.3, 0.4) is 0 Å². The fourth-order valence-corrected chi connectivity index (χ4v) is 2.35. The van der Waals surface area contributed by atoms with Gasteiger partial charge in [-0.25, -0.2) is 8.42 Å². The molecule has 1 N–H and O–H groups in total. The van der Waals surface area contributed by atoms with Crippen molar-refractivity contribution in [3.63, 3.8) is 0 Å². The number of amides is 1.